The van der Waals surface area contributed by atoms with Gasteiger partial charge in [0.1, 0.15) is 0 Å². The second kappa shape index (κ2) is 26.2. The van der Waals surface area contributed by atoms with E-state index in [2.05, 4.69) is 5.32 Å². The molecule has 0 bridgehead atoms. The fraction of sp³-hybridized carbons (Fsp3) is 1.00. The van der Waals surface area contributed by atoms with E-state index in [4.69, 9.17) is 0 Å². The Balaban J connectivity index is 1.47. The first-order chi connectivity index (χ1) is 18.4. The lowest BCUT2D eigenvalue weighted by Gasteiger charge is -2.19. The molecule has 1 nitrogen and oxygen atoms in total. The Morgan fingerprint density at radius 1 is 0.324 bits per heavy atom. The van der Waals surface area contributed by atoms with Gasteiger partial charge in [0.2, 0.25) is 0 Å². The van der Waals surface area contributed by atoms with Crippen molar-refractivity contribution in [3.05, 3.63) is 0 Å². The van der Waals surface area contributed by atoms with Crippen LogP contribution in [-0.4, -0.2) is 12.6 Å². The normalized spacial score (nSPS) is 22.7. The van der Waals surface area contributed by atoms with Gasteiger partial charge in [-0.1, -0.05) is 193 Å². The highest BCUT2D eigenvalue weighted by Crippen LogP contribution is 2.25. The molecule has 0 saturated heterocycles. The van der Waals surface area contributed by atoms with E-state index in [0.717, 1.165) is 12.0 Å². The van der Waals surface area contributed by atoms with E-state index in [0.29, 0.717) is 0 Å². The summed E-state index contributed by atoms with van der Waals surface area (Å²) in [5.74, 6) is 1.05. The van der Waals surface area contributed by atoms with Crippen LogP contribution in [0.2, 0.25) is 0 Å². The number of hydrogen-bond donors (Lipinski definition) is 1. The highest BCUT2D eigenvalue weighted by Gasteiger charge is 2.10. The van der Waals surface area contributed by atoms with E-state index in [-0.39, 0.29) is 0 Å². The molecular formula is C36H71N. The van der Waals surface area contributed by atoms with Crippen molar-refractivity contribution in [2.24, 2.45) is 5.92 Å². The molecule has 1 N–H and O–H groups in total. The Kier molecular flexibility index (Phi) is 23.5. The molecule has 2 aliphatic carbocycles. The Morgan fingerprint density at radius 2 is 0.649 bits per heavy atom. The van der Waals surface area contributed by atoms with Gasteiger partial charge in [-0.15, -0.1) is 0 Å². The fourth-order valence-corrected chi connectivity index (χ4v) is 7.18. The van der Waals surface area contributed by atoms with Gasteiger partial charge < -0.3 is 5.32 Å². The SMILES string of the molecule is C1CCCCCCC(CCCCCCCCNC2CCCCCCCCCCCCC2)CCCCCC1. The summed E-state index contributed by atoms with van der Waals surface area (Å²) in [5, 5.41) is 3.98. The van der Waals surface area contributed by atoms with Crippen LogP contribution in [0.15, 0.2) is 0 Å². The second-order valence-electron chi connectivity index (χ2n) is 13.4. The maximum Gasteiger partial charge on any atom is 0.00670 e. The molecule has 0 unspecified atom stereocenters. The highest BCUT2D eigenvalue weighted by molar-refractivity contribution is 4.68. The average molecular weight is 518 g/mol. The Bertz CT molecular complexity index is 378. The fourth-order valence-electron chi connectivity index (χ4n) is 7.18. The van der Waals surface area contributed by atoms with Gasteiger partial charge in [0.15, 0.2) is 0 Å². The number of nitrogens with one attached hydrogen (secondary N) is 1. The van der Waals surface area contributed by atoms with E-state index in [1.807, 2.05) is 0 Å². The monoisotopic (exact) mass is 518 g/mol. The van der Waals surface area contributed by atoms with Gasteiger partial charge in [0, 0.05) is 6.04 Å². The van der Waals surface area contributed by atoms with Crippen LogP contribution in [-0.2, 0) is 0 Å². The van der Waals surface area contributed by atoms with E-state index in [1.54, 1.807) is 0 Å². The molecule has 2 fully saturated rings. The van der Waals surface area contributed by atoms with Gasteiger partial charge in [-0.3, -0.25) is 0 Å². The summed E-state index contributed by atoms with van der Waals surface area (Å²) >= 11 is 0. The molecular weight excluding hydrogens is 446 g/mol. The third-order valence-electron chi connectivity index (χ3n) is 9.80. The molecule has 0 amide bonds. The number of hydrogen-bond acceptors (Lipinski definition) is 1. The van der Waals surface area contributed by atoms with Crippen molar-refractivity contribution in [2.45, 2.75) is 218 Å². The highest BCUT2D eigenvalue weighted by atomic mass is 14.9. The van der Waals surface area contributed by atoms with Crippen LogP contribution in [0, 0.1) is 5.92 Å². The van der Waals surface area contributed by atoms with Crippen LogP contribution in [0.25, 0.3) is 0 Å². The maximum atomic E-state index is 3.98. The maximum absolute atomic E-state index is 3.98. The Hall–Kier alpha value is -0.0400. The lowest BCUT2D eigenvalue weighted by molar-refractivity contribution is 0.362. The van der Waals surface area contributed by atoms with E-state index in [9.17, 15) is 0 Å². The largest absolute Gasteiger partial charge is 0.314 e. The van der Waals surface area contributed by atoms with Crippen LogP contribution in [0.1, 0.15) is 212 Å². The van der Waals surface area contributed by atoms with E-state index >= 15 is 0 Å². The molecule has 0 aliphatic heterocycles. The summed E-state index contributed by atoms with van der Waals surface area (Å²) in [7, 11) is 0. The van der Waals surface area contributed by atoms with Crippen LogP contribution < -0.4 is 5.32 Å². The lowest BCUT2D eigenvalue weighted by Crippen LogP contribution is -2.30. The zero-order valence-electron chi connectivity index (χ0n) is 25.7. The third-order valence-corrected chi connectivity index (χ3v) is 9.80. The first-order valence-corrected chi connectivity index (χ1v) is 18.2. The minimum absolute atomic E-state index is 0.808. The summed E-state index contributed by atoms with van der Waals surface area (Å²) < 4.78 is 0. The molecule has 0 radical (unpaired) electrons. The third kappa shape index (κ3) is 21.5. The van der Waals surface area contributed by atoms with Gasteiger partial charge >= 0.3 is 0 Å². The first kappa shape index (κ1) is 33.2. The van der Waals surface area contributed by atoms with Gasteiger partial charge in [-0.05, 0) is 31.7 Å². The second-order valence-corrected chi connectivity index (χ2v) is 13.4. The van der Waals surface area contributed by atoms with Crippen molar-refractivity contribution in [1.82, 2.24) is 5.32 Å². The summed E-state index contributed by atoms with van der Waals surface area (Å²) in [6, 6.07) is 0.808. The smallest absolute Gasteiger partial charge is 0.00670 e. The minimum atomic E-state index is 0.808. The quantitative estimate of drug-likeness (QED) is 0.284. The van der Waals surface area contributed by atoms with Crippen LogP contribution in [0.5, 0.6) is 0 Å². The van der Waals surface area contributed by atoms with Crippen molar-refractivity contribution >= 4 is 0 Å². The average Bonchev–Trinajstić information content (AvgIpc) is 2.91. The molecule has 0 spiro atoms. The summed E-state index contributed by atoms with van der Waals surface area (Å²) in [6.45, 7) is 1.27. The van der Waals surface area contributed by atoms with Gasteiger partial charge in [-0.2, -0.15) is 0 Å². The van der Waals surface area contributed by atoms with Crippen LogP contribution in [0.3, 0.4) is 0 Å². The predicted octanol–water partition coefficient (Wildman–Crippen LogP) is 12.5. The molecule has 0 heterocycles. The number of rotatable bonds is 10. The molecule has 37 heavy (non-hydrogen) atoms. The first-order valence-electron chi connectivity index (χ1n) is 18.2. The van der Waals surface area contributed by atoms with Crippen LogP contribution in [0.4, 0.5) is 0 Å². The van der Waals surface area contributed by atoms with Crippen molar-refractivity contribution in [3.63, 3.8) is 0 Å². The molecule has 220 valence electrons. The van der Waals surface area contributed by atoms with Gasteiger partial charge in [0.25, 0.3) is 0 Å². The predicted molar refractivity (Wildman–Crippen MR) is 168 cm³/mol. The summed E-state index contributed by atoms with van der Waals surface area (Å²) in [6.07, 6.45) is 49.1. The van der Waals surface area contributed by atoms with Crippen molar-refractivity contribution in [1.29, 1.82) is 0 Å². The van der Waals surface area contributed by atoms with Crippen LogP contribution >= 0.6 is 0 Å². The summed E-state index contributed by atoms with van der Waals surface area (Å²) in [4.78, 5) is 0. The van der Waals surface area contributed by atoms with Crippen molar-refractivity contribution in [2.75, 3.05) is 6.54 Å². The molecule has 2 saturated carbocycles. The standard InChI is InChI=1S/C36H71N/c1-3-7-11-17-23-29-35(30-24-18-12-8-4-1)31-25-19-15-16-22-28-34-37-36-32-26-20-13-9-5-2-6-10-14-21-27-33-36/h35-37H,1-34H2. The molecule has 1 heteroatoms. The molecule has 0 aromatic heterocycles. The van der Waals surface area contributed by atoms with Gasteiger partial charge in [-0.25, -0.2) is 0 Å². The minimum Gasteiger partial charge on any atom is -0.314 e. The molecule has 2 rings (SSSR count). The number of unbranched alkanes of at least 4 members (excludes halogenated alkanes) is 5. The molecule has 0 aromatic carbocycles. The lowest BCUT2D eigenvalue weighted by atomic mass is 9.89. The zero-order chi connectivity index (χ0) is 25.9. The molecule has 0 atom stereocenters. The Labute approximate surface area is 235 Å². The van der Waals surface area contributed by atoms with E-state index < -0.39 is 0 Å². The molecule has 2 aliphatic rings. The zero-order valence-corrected chi connectivity index (χ0v) is 25.7. The molecule has 0 aromatic rings. The van der Waals surface area contributed by atoms with E-state index in [1.165, 1.54) is 218 Å². The Morgan fingerprint density at radius 3 is 1.08 bits per heavy atom. The van der Waals surface area contributed by atoms with Gasteiger partial charge in [0.05, 0.1) is 0 Å². The summed E-state index contributed by atoms with van der Waals surface area (Å²) in [5.41, 5.74) is 0. The van der Waals surface area contributed by atoms with Crippen molar-refractivity contribution < 1.29 is 0 Å². The van der Waals surface area contributed by atoms with Crippen molar-refractivity contribution in [3.8, 4) is 0 Å². The topological polar surface area (TPSA) is 12.0 Å².